The number of thioether (sulfide) groups is 1. The van der Waals surface area contributed by atoms with E-state index in [0.29, 0.717) is 37.1 Å². The number of hydrogen-bond donors (Lipinski definition) is 0. The molecule has 0 spiro atoms. The van der Waals surface area contributed by atoms with Gasteiger partial charge in [0.15, 0.2) is 5.65 Å². The number of amides is 2. The van der Waals surface area contributed by atoms with Gasteiger partial charge in [-0.3, -0.25) is 9.59 Å². The summed E-state index contributed by atoms with van der Waals surface area (Å²) in [6.45, 7) is 6.83. The van der Waals surface area contributed by atoms with E-state index in [4.69, 9.17) is 4.98 Å². The number of carbonyl (C=O) groups excluding carboxylic acids is 2. The zero-order valence-corrected chi connectivity index (χ0v) is 25.5. The number of hydrogen-bond acceptors (Lipinski definition) is 6. The fraction of sp³-hybridized carbons (Fsp3) is 0.485. The summed E-state index contributed by atoms with van der Waals surface area (Å²) in [4.78, 5) is 34.7. The van der Waals surface area contributed by atoms with Crippen LogP contribution in [0.25, 0.3) is 22.1 Å². The van der Waals surface area contributed by atoms with E-state index in [-0.39, 0.29) is 17.9 Å². The largest absolute Gasteiger partial charge is 0.339 e. The molecule has 8 nitrogen and oxygen atoms in total. The molecule has 2 aliphatic rings. The molecule has 2 aromatic carbocycles. The topological polar surface area (TPSA) is 84.2 Å². The third-order valence-electron chi connectivity index (χ3n) is 8.77. The molecule has 1 atom stereocenters. The maximum Gasteiger partial charge on any atom is 0.226 e. The average Bonchev–Trinajstić information content (AvgIpc) is 3.64. The smallest absolute Gasteiger partial charge is 0.226 e. The van der Waals surface area contributed by atoms with E-state index in [1.807, 2.05) is 15.9 Å². The van der Waals surface area contributed by atoms with Crippen LogP contribution in [0.1, 0.15) is 63.0 Å². The molecule has 1 aliphatic heterocycles. The standard InChI is InChI=1S/C33H40N6O2S/c1-23-15-16-28-27(20-23)30-31(39(28)22-25-10-4-3-5-11-25)34-33(36-35-30)42-19-9-8-14-29(40)37-17-18-38(24(2)21-37)32(41)26-12-6-7-13-26/h3-5,10-11,15-16,20,24,26H,6-9,12-14,17-19,21-22H2,1-2H3. The molecule has 0 bridgehead atoms. The molecule has 1 unspecified atom stereocenters. The van der Waals surface area contributed by atoms with Gasteiger partial charge >= 0.3 is 0 Å². The second kappa shape index (κ2) is 12.8. The average molecular weight is 585 g/mol. The second-order valence-corrected chi connectivity index (χ2v) is 12.9. The van der Waals surface area contributed by atoms with Crippen LogP contribution in [-0.2, 0) is 16.1 Å². The van der Waals surface area contributed by atoms with E-state index in [9.17, 15) is 9.59 Å². The van der Waals surface area contributed by atoms with Gasteiger partial charge in [-0.15, -0.1) is 10.2 Å². The lowest BCUT2D eigenvalue weighted by Crippen LogP contribution is -2.56. The number of nitrogens with zero attached hydrogens (tertiary/aromatic N) is 6. The molecule has 3 heterocycles. The lowest BCUT2D eigenvalue weighted by molar-refractivity contribution is -0.145. The van der Waals surface area contributed by atoms with Crippen molar-refractivity contribution < 1.29 is 9.59 Å². The number of unbranched alkanes of at least 4 members (excludes halogenated alkanes) is 1. The van der Waals surface area contributed by atoms with Crippen LogP contribution in [0.2, 0.25) is 0 Å². The minimum absolute atomic E-state index is 0.0901. The van der Waals surface area contributed by atoms with E-state index in [1.54, 1.807) is 11.8 Å². The molecule has 1 saturated carbocycles. The molecule has 0 radical (unpaired) electrons. The summed E-state index contributed by atoms with van der Waals surface area (Å²) in [7, 11) is 0. The number of aryl methyl sites for hydroxylation is 1. The Morgan fingerprint density at radius 1 is 1.00 bits per heavy atom. The van der Waals surface area contributed by atoms with Crippen LogP contribution in [-0.4, -0.2) is 72.8 Å². The highest BCUT2D eigenvalue weighted by atomic mass is 32.2. The zero-order valence-electron chi connectivity index (χ0n) is 24.7. The Bertz CT molecular complexity index is 1570. The Morgan fingerprint density at radius 3 is 2.60 bits per heavy atom. The fourth-order valence-corrected chi connectivity index (χ4v) is 7.24. The van der Waals surface area contributed by atoms with Gasteiger partial charge in [-0.05, 0) is 57.2 Å². The fourth-order valence-electron chi connectivity index (χ4n) is 6.46. The Kier molecular flexibility index (Phi) is 8.74. The van der Waals surface area contributed by atoms with Gasteiger partial charge in [-0.2, -0.15) is 0 Å². The molecule has 6 rings (SSSR count). The van der Waals surface area contributed by atoms with Crippen LogP contribution in [0.5, 0.6) is 0 Å². The quantitative estimate of drug-likeness (QED) is 0.181. The number of fused-ring (bicyclic) bond motifs is 3. The molecule has 4 aromatic rings. The van der Waals surface area contributed by atoms with Crippen molar-refractivity contribution in [2.45, 2.75) is 76.5 Å². The van der Waals surface area contributed by atoms with Gasteiger partial charge in [0, 0.05) is 55.7 Å². The molecule has 9 heteroatoms. The number of aromatic nitrogens is 4. The van der Waals surface area contributed by atoms with Crippen molar-refractivity contribution in [1.82, 2.24) is 29.5 Å². The van der Waals surface area contributed by atoms with Crippen LogP contribution in [0.4, 0.5) is 0 Å². The molecule has 220 valence electrons. The Balaban J connectivity index is 1.03. The van der Waals surface area contributed by atoms with Crippen molar-refractivity contribution >= 4 is 45.6 Å². The van der Waals surface area contributed by atoms with Gasteiger partial charge in [0.05, 0.1) is 5.52 Å². The number of carbonyl (C=O) groups is 2. The highest BCUT2D eigenvalue weighted by Gasteiger charge is 2.34. The summed E-state index contributed by atoms with van der Waals surface area (Å²) >= 11 is 1.60. The lowest BCUT2D eigenvalue weighted by Gasteiger charge is -2.41. The van der Waals surface area contributed by atoms with Gasteiger partial charge in [0.1, 0.15) is 5.52 Å². The van der Waals surface area contributed by atoms with E-state index < -0.39 is 0 Å². The van der Waals surface area contributed by atoms with Crippen molar-refractivity contribution in [3.63, 3.8) is 0 Å². The Morgan fingerprint density at radius 2 is 1.81 bits per heavy atom. The molecule has 2 amide bonds. The van der Waals surface area contributed by atoms with Crippen molar-refractivity contribution in [3.8, 4) is 0 Å². The van der Waals surface area contributed by atoms with Gasteiger partial charge in [-0.1, -0.05) is 66.6 Å². The predicted molar refractivity (Wildman–Crippen MR) is 167 cm³/mol. The molecule has 1 saturated heterocycles. The monoisotopic (exact) mass is 584 g/mol. The minimum Gasteiger partial charge on any atom is -0.339 e. The molecular weight excluding hydrogens is 544 g/mol. The molecule has 2 aromatic heterocycles. The van der Waals surface area contributed by atoms with E-state index in [0.717, 1.165) is 72.9 Å². The lowest BCUT2D eigenvalue weighted by atomic mass is 10.0. The van der Waals surface area contributed by atoms with E-state index in [2.05, 4.69) is 71.1 Å². The summed E-state index contributed by atoms with van der Waals surface area (Å²) in [5.41, 5.74) is 5.20. The summed E-state index contributed by atoms with van der Waals surface area (Å²) in [6.07, 6.45) is 6.63. The zero-order chi connectivity index (χ0) is 29.1. The highest BCUT2D eigenvalue weighted by molar-refractivity contribution is 7.99. The molecule has 1 aliphatic carbocycles. The first kappa shape index (κ1) is 28.6. The highest BCUT2D eigenvalue weighted by Crippen LogP contribution is 2.30. The van der Waals surface area contributed by atoms with Crippen LogP contribution >= 0.6 is 11.8 Å². The maximum absolute atomic E-state index is 12.9. The normalized spacial score (nSPS) is 17.9. The van der Waals surface area contributed by atoms with Crippen LogP contribution in [0.15, 0.2) is 53.7 Å². The van der Waals surface area contributed by atoms with Crippen LogP contribution < -0.4 is 0 Å². The van der Waals surface area contributed by atoms with Gasteiger partial charge in [0.2, 0.25) is 17.0 Å². The van der Waals surface area contributed by atoms with Crippen molar-refractivity contribution in [3.05, 3.63) is 59.7 Å². The van der Waals surface area contributed by atoms with Gasteiger partial charge < -0.3 is 14.4 Å². The third-order valence-corrected chi connectivity index (χ3v) is 9.69. The first-order chi connectivity index (χ1) is 20.5. The Labute approximate surface area is 251 Å². The molecule has 2 fully saturated rings. The van der Waals surface area contributed by atoms with Gasteiger partial charge in [0.25, 0.3) is 0 Å². The predicted octanol–water partition coefficient (Wildman–Crippen LogP) is 5.85. The number of rotatable bonds is 9. The van der Waals surface area contributed by atoms with Crippen LogP contribution in [0, 0.1) is 12.8 Å². The summed E-state index contributed by atoms with van der Waals surface area (Å²) in [5, 5.41) is 10.8. The molecule has 0 N–H and O–H groups in total. The summed E-state index contributed by atoms with van der Waals surface area (Å²) < 4.78 is 2.24. The third kappa shape index (κ3) is 6.16. The first-order valence-corrected chi connectivity index (χ1v) is 16.3. The minimum atomic E-state index is 0.0901. The van der Waals surface area contributed by atoms with Gasteiger partial charge in [-0.25, -0.2) is 4.98 Å². The van der Waals surface area contributed by atoms with Crippen molar-refractivity contribution in [1.29, 1.82) is 0 Å². The second-order valence-electron chi connectivity index (χ2n) is 11.9. The molecular formula is C33H40N6O2S. The number of piperazine rings is 1. The van der Waals surface area contributed by atoms with Crippen molar-refractivity contribution in [2.75, 3.05) is 25.4 Å². The number of benzene rings is 2. The summed E-state index contributed by atoms with van der Waals surface area (Å²) in [5.74, 6) is 1.52. The Hall–Kier alpha value is -3.46. The van der Waals surface area contributed by atoms with Crippen molar-refractivity contribution in [2.24, 2.45) is 5.92 Å². The summed E-state index contributed by atoms with van der Waals surface area (Å²) in [6, 6.07) is 16.9. The van der Waals surface area contributed by atoms with Crippen LogP contribution in [0.3, 0.4) is 0 Å². The van der Waals surface area contributed by atoms with E-state index in [1.165, 1.54) is 11.1 Å². The maximum atomic E-state index is 12.9. The SMILES string of the molecule is Cc1ccc2c(c1)c1nnc(SCCCCC(=O)N3CCN(C(=O)C4CCCC4)C(C)C3)nc1n2Cc1ccccc1. The molecule has 42 heavy (non-hydrogen) atoms. The first-order valence-electron chi connectivity index (χ1n) is 15.4. The van der Waals surface area contributed by atoms with E-state index >= 15 is 0 Å².